The molecule has 0 fully saturated rings. The fourth-order valence-corrected chi connectivity index (χ4v) is 3.98. The number of fused-ring (bicyclic) bond motifs is 1. The molecule has 4 aromatic rings. The highest BCUT2D eigenvalue weighted by atomic mass is 35.5. The Bertz CT molecular complexity index is 1370. The van der Waals surface area contributed by atoms with E-state index < -0.39 is 5.82 Å². The molecule has 2 heterocycles. The normalized spacial score (nSPS) is 12.0. The number of hydrogen-bond donors (Lipinski definition) is 1. The van der Waals surface area contributed by atoms with Gasteiger partial charge in [-0.3, -0.25) is 19.3 Å². The van der Waals surface area contributed by atoms with E-state index in [0.29, 0.717) is 32.9 Å². The summed E-state index contributed by atoms with van der Waals surface area (Å²) in [4.78, 5) is 21.8. The number of aromatic nitrogens is 2. The molecule has 4 rings (SSSR count). The van der Waals surface area contributed by atoms with Gasteiger partial charge in [0, 0.05) is 11.9 Å². The van der Waals surface area contributed by atoms with Crippen LogP contribution in [-0.2, 0) is 0 Å². The van der Waals surface area contributed by atoms with Crippen molar-refractivity contribution in [2.75, 3.05) is 5.32 Å². The Hall–Kier alpha value is -3.51. The molecule has 1 N–H and O–H groups in total. The zero-order valence-electron chi connectivity index (χ0n) is 17.1. The highest BCUT2D eigenvalue weighted by molar-refractivity contribution is 6.35. The van der Waals surface area contributed by atoms with Gasteiger partial charge in [0.05, 0.1) is 33.5 Å². The standard InChI is InChI=1S/C24H20ClFN4O/c1-14(29-20-10-11-28-15(2)23(20)27-3)21-12-16-6-4-9-19(25)22(16)24(31)30(21)18-8-5-7-17(26)13-18/h4-14H,3H2,1-2H3,(H,28,29)/t14-/m0/s1. The maximum Gasteiger partial charge on any atom is 0.264 e. The molecule has 2 aromatic heterocycles. The lowest BCUT2D eigenvalue weighted by Crippen LogP contribution is -2.25. The van der Waals surface area contributed by atoms with Gasteiger partial charge in [-0.05, 0) is 62.3 Å². The molecule has 0 aliphatic rings. The monoisotopic (exact) mass is 434 g/mol. The van der Waals surface area contributed by atoms with Gasteiger partial charge in [0.25, 0.3) is 5.56 Å². The van der Waals surface area contributed by atoms with Crippen LogP contribution in [0.5, 0.6) is 0 Å². The lowest BCUT2D eigenvalue weighted by molar-refractivity contribution is 0.625. The first-order valence-corrected chi connectivity index (χ1v) is 10.1. The van der Waals surface area contributed by atoms with E-state index >= 15 is 0 Å². The molecule has 0 amide bonds. The lowest BCUT2D eigenvalue weighted by Gasteiger charge is -2.23. The second kappa shape index (κ2) is 8.32. The number of pyridine rings is 2. The topological polar surface area (TPSA) is 59.3 Å². The largest absolute Gasteiger partial charge is 0.375 e. The van der Waals surface area contributed by atoms with Crippen molar-refractivity contribution in [1.82, 2.24) is 9.55 Å². The van der Waals surface area contributed by atoms with E-state index in [1.165, 1.54) is 16.7 Å². The van der Waals surface area contributed by atoms with Crippen LogP contribution < -0.4 is 10.9 Å². The SMILES string of the molecule is C=Nc1c(N[C@@H](C)c2cc3cccc(Cl)c3c(=O)n2-c2cccc(F)c2)ccnc1C. The molecule has 0 saturated heterocycles. The number of benzene rings is 2. The number of anilines is 1. The van der Waals surface area contributed by atoms with Gasteiger partial charge >= 0.3 is 0 Å². The zero-order chi connectivity index (χ0) is 22.1. The Morgan fingerprint density at radius 1 is 1.19 bits per heavy atom. The molecular formula is C24H20ClFN4O. The van der Waals surface area contributed by atoms with Gasteiger partial charge in [0.1, 0.15) is 11.5 Å². The quantitative estimate of drug-likeness (QED) is 0.392. The molecule has 0 aliphatic carbocycles. The van der Waals surface area contributed by atoms with Crippen molar-refractivity contribution < 1.29 is 4.39 Å². The molecular weight excluding hydrogens is 415 g/mol. The zero-order valence-corrected chi connectivity index (χ0v) is 17.8. The van der Waals surface area contributed by atoms with Crippen molar-refractivity contribution in [1.29, 1.82) is 0 Å². The van der Waals surface area contributed by atoms with Crippen LogP contribution in [0.15, 0.2) is 70.6 Å². The maximum atomic E-state index is 14.0. The predicted molar refractivity (Wildman–Crippen MR) is 125 cm³/mol. The van der Waals surface area contributed by atoms with Gasteiger partial charge in [-0.15, -0.1) is 0 Å². The number of nitrogens with one attached hydrogen (secondary N) is 1. The minimum absolute atomic E-state index is 0.315. The van der Waals surface area contributed by atoms with Gasteiger partial charge in [-0.2, -0.15) is 0 Å². The van der Waals surface area contributed by atoms with Crippen molar-refractivity contribution in [2.24, 2.45) is 4.99 Å². The summed E-state index contributed by atoms with van der Waals surface area (Å²) in [5.41, 5.74) is 2.86. The van der Waals surface area contributed by atoms with Crippen LogP contribution in [0, 0.1) is 12.7 Å². The summed E-state index contributed by atoms with van der Waals surface area (Å²) in [6.45, 7) is 7.40. The fraction of sp³-hybridized carbons (Fsp3) is 0.125. The van der Waals surface area contributed by atoms with E-state index in [-0.39, 0.29) is 11.6 Å². The van der Waals surface area contributed by atoms with Gasteiger partial charge in [0.15, 0.2) is 0 Å². The molecule has 0 saturated carbocycles. The number of hydrogen-bond acceptors (Lipinski definition) is 4. The third kappa shape index (κ3) is 3.82. The number of nitrogens with zero attached hydrogens (tertiary/aromatic N) is 3. The van der Waals surface area contributed by atoms with E-state index in [0.717, 1.165) is 11.4 Å². The van der Waals surface area contributed by atoms with Gasteiger partial charge in [0.2, 0.25) is 0 Å². The van der Waals surface area contributed by atoms with E-state index in [1.54, 1.807) is 36.5 Å². The van der Waals surface area contributed by atoms with Crippen molar-refractivity contribution in [3.63, 3.8) is 0 Å². The Balaban J connectivity index is 1.95. The number of halogens is 2. The average Bonchev–Trinajstić information content (AvgIpc) is 2.73. The first kappa shape index (κ1) is 20.8. The second-order valence-electron chi connectivity index (χ2n) is 7.21. The molecule has 1 atom stereocenters. The number of aliphatic imine (C=N–C) groups is 1. The first-order chi connectivity index (χ1) is 14.9. The number of aryl methyl sites for hydroxylation is 1. The van der Waals surface area contributed by atoms with Crippen LogP contribution in [0.4, 0.5) is 15.8 Å². The molecule has 0 unspecified atom stereocenters. The smallest absolute Gasteiger partial charge is 0.264 e. The van der Waals surface area contributed by atoms with E-state index in [4.69, 9.17) is 11.6 Å². The summed E-state index contributed by atoms with van der Waals surface area (Å²) in [6.07, 6.45) is 1.68. The molecule has 156 valence electrons. The van der Waals surface area contributed by atoms with Crippen LogP contribution in [0.1, 0.15) is 24.4 Å². The molecule has 5 nitrogen and oxygen atoms in total. The van der Waals surface area contributed by atoms with Crippen molar-refractivity contribution in [3.8, 4) is 5.69 Å². The van der Waals surface area contributed by atoms with Gasteiger partial charge < -0.3 is 5.32 Å². The molecule has 2 aromatic carbocycles. The summed E-state index contributed by atoms with van der Waals surface area (Å²) < 4.78 is 15.5. The molecule has 31 heavy (non-hydrogen) atoms. The molecule has 0 radical (unpaired) electrons. The van der Waals surface area contributed by atoms with Crippen LogP contribution >= 0.6 is 11.6 Å². The van der Waals surface area contributed by atoms with Crippen molar-refractivity contribution in [3.05, 3.63) is 93.4 Å². The lowest BCUT2D eigenvalue weighted by atomic mass is 10.1. The Kier molecular flexibility index (Phi) is 5.57. The van der Waals surface area contributed by atoms with Crippen molar-refractivity contribution in [2.45, 2.75) is 19.9 Å². The molecule has 0 spiro atoms. The summed E-state index contributed by atoms with van der Waals surface area (Å²) in [6, 6.07) is 14.6. The number of rotatable bonds is 5. The van der Waals surface area contributed by atoms with E-state index in [1.807, 2.05) is 26.0 Å². The Morgan fingerprint density at radius 2 is 1.97 bits per heavy atom. The minimum atomic E-state index is -0.432. The Morgan fingerprint density at radius 3 is 2.71 bits per heavy atom. The molecule has 7 heteroatoms. The second-order valence-corrected chi connectivity index (χ2v) is 7.62. The summed E-state index contributed by atoms with van der Waals surface area (Å²) in [5.74, 6) is -0.432. The fourth-order valence-electron chi connectivity index (χ4n) is 3.72. The maximum absolute atomic E-state index is 14.0. The van der Waals surface area contributed by atoms with Gasteiger partial charge in [-0.25, -0.2) is 4.39 Å². The van der Waals surface area contributed by atoms with Crippen LogP contribution in [-0.4, -0.2) is 16.3 Å². The van der Waals surface area contributed by atoms with E-state index in [9.17, 15) is 9.18 Å². The summed E-state index contributed by atoms with van der Waals surface area (Å²) in [7, 11) is 0. The third-order valence-corrected chi connectivity index (χ3v) is 5.49. The van der Waals surface area contributed by atoms with Crippen LogP contribution in [0.2, 0.25) is 5.02 Å². The van der Waals surface area contributed by atoms with Crippen LogP contribution in [0.25, 0.3) is 16.5 Å². The van der Waals surface area contributed by atoms with Gasteiger partial charge in [-0.1, -0.05) is 29.8 Å². The highest BCUT2D eigenvalue weighted by Crippen LogP contribution is 2.32. The Labute approximate surface area is 183 Å². The minimum Gasteiger partial charge on any atom is -0.375 e. The highest BCUT2D eigenvalue weighted by Gasteiger charge is 2.19. The van der Waals surface area contributed by atoms with E-state index in [2.05, 4.69) is 22.0 Å². The first-order valence-electron chi connectivity index (χ1n) is 9.69. The molecule has 0 bridgehead atoms. The summed E-state index contributed by atoms with van der Waals surface area (Å²) in [5, 5.41) is 4.84. The average molecular weight is 435 g/mol. The summed E-state index contributed by atoms with van der Waals surface area (Å²) >= 11 is 6.34. The molecule has 0 aliphatic heterocycles. The van der Waals surface area contributed by atoms with Crippen molar-refractivity contribution >= 4 is 40.5 Å². The third-order valence-electron chi connectivity index (χ3n) is 5.17. The van der Waals surface area contributed by atoms with Crippen LogP contribution in [0.3, 0.4) is 0 Å². The predicted octanol–water partition coefficient (Wildman–Crippen LogP) is 5.99.